The molecule has 0 atom stereocenters. The highest BCUT2D eigenvalue weighted by molar-refractivity contribution is 5.94. The SMILES string of the molecule is Cc1cnc(-c2nn(CC(C)C)c3c2CN(C(=O)c2ccncc2F)CC3)o1. The van der Waals surface area contributed by atoms with Crippen LogP contribution in [-0.2, 0) is 19.5 Å². The smallest absolute Gasteiger partial charge is 0.257 e. The van der Waals surface area contributed by atoms with E-state index in [9.17, 15) is 9.18 Å². The van der Waals surface area contributed by atoms with E-state index in [-0.39, 0.29) is 11.5 Å². The topological polar surface area (TPSA) is 77.1 Å². The molecule has 1 aliphatic heterocycles. The van der Waals surface area contributed by atoms with Crippen LogP contribution in [0.25, 0.3) is 11.6 Å². The average molecular weight is 383 g/mol. The Kier molecular flexibility index (Phi) is 4.70. The van der Waals surface area contributed by atoms with Crippen LogP contribution in [0.5, 0.6) is 0 Å². The number of carbonyl (C=O) groups is 1. The number of rotatable bonds is 4. The number of oxazole rings is 1. The first kappa shape index (κ1) is 18.3. The molecule has 7 nitrogen and oxygen atoms in total. The lowest BCUT2D eigenvalue weighted by molar-refractivity contribution is 0.0728. The molecule has 0 aliphatic carbocycles. The fourth-order valence-electron chi connectivity index (χ4n) is 3.52. The van der Waals surface area contributed by atoms with Gasteiger partial charge in [-0.05, 0) is 18.9 Å². The quantitative estimate of drug-likeness (QED) is 0.691. The molecule has 0 saturated heterocycles. The number of aryl methyl sites for hydroxylation is 1. The van der Waals surface area contributed by atoms with Gasteiger partial charge >= 0.3 is 0 Å². The number of hydrogen-bond acceptors (Lipinski definition) is 5. The summed E-state index contributed by atoms with van der Waals surface area (Å²) in [5, 5.41) is 4.74. The van der Waals surface area contributed by atoms with Crippen molar-refractivity contribution in [3.05, 3.63) is 53.1 Å². The number of aromatic nitrogens is 4. The van der Waals surface area contributed by atoms with E-state index in [0.717, 1.165) is 24.0 Å². The Morgan fingerprint density at radius 1 is 1.36 bits per heavy atom. The molecule has 0 saturated carbocycles. The van der Waals surface area contributed by atoms with Gasteiger partial charge in [0.05, 0.1) is 24.5 Å². The Labute approximate surface area is 162 Å². The Bertz CT molecular complexity index is 1020. The second-order valence-electron chi connectivity index (χ2n) is 7.46. The van der Waals surface area contributed by atoms with E-state index in [2.05, 4.69) is 23.8 Å². The monoisotopic (exact) mass is 383 g/mol. The van der Waals surface area contributed by atoms with Gasteiger partial charge in [-0.1, -0.05) is 13.8 Å². The summed E-state index contributed by atoms with van der Waals surface area (Å²) in [4.78, 5) is 22.5. The van der Waals surface area contributed by atoms with E-state index < -0.39 is 5.82 Å². The first-order chi connectivity index (χ1) is 13.4. The van der Waals surface area contributed by atoms with Crippen LogP contribution >= 0.6 is 0 Å². The molecule has 3 aromatic rings. The van der Waals surface area contributed by atoms with Crippen LogP contribution in [0.4, 0.5) is 4.39 Å². The van der Waals surface area contributed by atoms with E-state index in [0.29, 0.717) is 42.8 Å². The van der Waals surface area contributed by atoms with Crippen molar-refractivity contribution in [2.45, 2.75) is 40.3 Å². The zero-order valence-corrected chi connectivity index (χ0v) is 16.1. The lowest BCUT2D eigenvalue weighted by Crippen LogP contribution is -2.37. The highest BCUT2D eigenvalue weighted by Gasteiger charge is 2.31. The number of fused-ring (bicyclic) bond motifs is 1. The van der Waals surface area contributed by atoms with Crippen LogP contribution in [0.2, 0.25) is 0 Å². The third-order valence-corrected chi connectivity index (χ3v) is 4.79. The Hall–Kier alpha value is -3.03. The van der Waals surface area contributed by atoms with Crippen LogP contribution < -0.4 is 0 Å². The van der Waals surface area contributed by atoms with Gasteiger partial charge < -0.3 is 9.32 Å². The fourth-order valence-corrected chi connectivity index (χ4v) is 3.52. The van der Waals surface area contributed by atoms with Crippen molar-refractivity contribution in [1.29, 1.82) is 0 Å². The molecular weight excluding hydrogens is 361 g/mol. The van der Waals surface area contributed by atoms with Crippen LogP contribution in [0.1, 0.15) is 41.2 Å². The minimum Gasteiger partial charge on any atom is -0.440 e. The predicted octanol–water partition coefficient (Wildman–Crippen LogP) is 3.24. The molecule has 0 spiro atoms. The van der Waals surface area contributed by atoms with Crippen LogP contribution in [0.15, 0.2) is 29.1 Å². The summed E-state index contributed by atoms with van der Waals surface area (Å²) in [5.41, 5.74) is 2.67. The summed E-state index contributed by atoms with van der Waals surface area (Å²) in [6.07, 6.45) is 4.78. The van der Waals surface area contributed by atoms with Gasteiger partial charge in [0.1, 0.15) is 5.76 Å². The first-order valence-corrected chi connectivity index (χ1v) is 9.34. The summed E-state index contributed by atoms with van der Waals surface area (Å²) in [5.74, 6) is 0.605. The second-order valence-corrected chi connectivity index (χ2v) is 7.46. The fraction of sp³-hybridized carbons (Fsp3) is 0.400. The van der Waals surface area contributed by atoms with Gasteiger partial charge in [-0.2, -0.15) is 5.10 Å². The molecule has 1 aliphatic rings. The highest BCUT2D eigenvalue weighted by Crippen LogP contribution is 2.31. The van der Waals surface area contributed by atoms with Gasteiger partial charge in [0.25, 0.3) is 5.91 Å². The number of carbonyl (C=O) groups excluding carboxylic acids is 1. The van der Waals surface area contributed by atoms with Crippen LogP contribution in [0.3, 0.4) is 0 Å². The van der Waals surface area contributed by atoms with Crippen molar-refractivity contribution in [2.75, 3.05) is 6.54 Å². The van der Waals surface area contributed by atoms with Crippen molar-refractivity contribution < 1.29 is 13.6 Å². The van der Waals surface area contributed by atoms with Crippen molar-refractivity contribution in [2.24, 2.45) is 5.92 Å². The molecular formula is C20H22FN5O2. The molecule has 28 heavy (non-hydrogen) atoms. The van der Waals surface area contributed by atoms with Gasteiger partial charge in [-0.15, -0.1) is 0 Å². The summed E-state index contributed by atoms with van der Waals surface area (Å²) in [7, 11) is 0. The number of nitrogens with zero attached hydrogens (tertiary/aromatic N) is 5. The molecule has 146 valence electrons. The molecule has 1 amide bonds. The molecule has 0 unspecified atom stereocenters. The second kappa shape index (κ2) is 7.18. The lowest BCUT2D eigenvalue weighted by Gasteiger charge is -2.28. The van der Waals surface area contributed by atoms with Crippen LogP contribution in [-0.4, -0.2) is 37.1 Å². The summed E-state index contributed by atoms with van der Waals surface area (Å²) in [6, 6.07) is 1.41. The molecule has 0 N–H and O–H groups in total. The Balaban J connectivity index is 1.71. The van der Waals surface area contributed by atoms with Gasteiger partial charge in [-0.25, -0.2) is 9.37 Å². The van der Waals surface area contributed by atoms with E-state index in [1.807, 2.05) is 11.6 Å². The van der Waals surface area contributed by atoms with Gasteiger partial charge in [0, 0.05) is 37.0 Å². The maximum Gasteiger partial charge on any atom is 0.257 e. The first-order valence-electron chi connectivity index (χ1n) is 9.34. The zero-order valence-electron chi connectivity index (χ0n) is 16.1. The van der Waals surface area contributed by atoms with Gasteiger partial charge in [-0.3, -0.25) is 14.5 Å². The third kappa shape index (κ3) is 3.30. The molecule has 4 rings (SSSR count). The molecule has 3 aromatic heterocycles. The zero-order chi connectivity index (χ0) is 19.8. The van der Waals surface area contributed by atoms with Crippen LogP contribution in [0, 0.1) is 18.7 Å². The molecule has 8 heteroatoms. The molecule has 0 fully saturated rings. The highest BCUT2D eigenvalue weighted by atomic mass is 19.1. The maximum absolute atomic E-state index is 14.0. The van der Waals surface area contributed by atoms with E-state index in [1.54, 1.807) is 11.1 Å². The number of amides is 1. The van der Waals surface area contributed by atoms with Crippen molar-refractivity contribution in [3.63, 3.8) is 0 Å². The average Bonchev–Trinajstić information content (AvgIpc) is 3.24. The number of halogens is 1. The summed E-state index contributed by atoms with van der Waals surface area (Å²) in [6.45, 7) is 7.71. The van der Waals surface area contributed by atoms with E-state index >= 15 is 0 Å². The molecule has 4 heterocycles. The van der Waals surface area contributed by atoms with Crippen molar-refractivity contribution in [3.8, 4) is 11.6 Å². The third-order valence-electron chi connectivity index (χ3n) is 4.79. The molecule has 0 radical (unpaired) electrons. The van der Waals surface area contributed by atoms with Crippen molar-refractivity contribution in [1.82, 2.24) is 24.6 Å². The number of hydrogen-bond donors (Lipinski definition) is 0. The van der Waals surface area contributed by atoms with Gasteiger partial charge in [0.15, 0.2) is 11.5 Å². The minimum absolute atomic E-state index is 0.0292. The van der Waals surface area contributed by atoms with E-state index in [4.69, 9.17) is 9.52 Å². The van der Waals surface area contributed by atoms with E-state index in [1.165, 1.54) is 12.3 Å². The maximum atomic E-state index is 14.0. The van der Waals surface area contributed by atoms with Crippen molar-refractivity contribution >= 4 is 5.91 Å². The molecule has 0 bridgehead atoms. The Morgan fingerprint density at radius 3 is 2.86 bits per heavy atom. The predicted molar refractivity (Wildman–Crippen MR) is 99.9 cm³/mol. The summed E-state index contributed by atoms with van der Waals surface area (Å²) < 4.78 is 21.7. The largest absolute Gasteiger partial charge is 0.440 e. The van der Waals surface area contributed by atoms with Gasteiger partial charge in [0.2, 0.25) is 5.89 Å². The Morgan fingerprint density at radius 2 is 2.18 bits per heavy atom. The number of pyridine rings is 1. The standard InChI is InChI=1S/C20H22FN5O2/c1-12(2)10-26-17-5-7-25(20(27)14-4-6-22-9-16(14)21)11-15(17)18(24-26)19-23-8-13(3)28-19/h4,6,8-9,12H,5,7,10-11H2,1-3H3. The normalized spacial score (nSPS) is 13.8. The minimum atomic E-state index is -0.614. The lowest BCUT2D eigenvalue weighted by atomic mass is 10.0. The molecule has 0 aromatic carbocycles. The summed E-state index contributed by atoms with van der Waals surface area (Å²) >= 11 is 0.